The first-order chi connectivity index (χ1) is 9.30. The first kappa shape index (κ1) is 16.9. The summed E-state index contributed by atoms with van der Waals surface area (Å²) in [5.41, 5.74) is 5.97. The van der Waals surface area contributed by atoms with Crippen molar-refractivity contribution in [2.45, 2.75) is 31.1 Å². The molecule has 0 heterocycles. The van der Waals surface area contributed by atoms with Crippen LogP contribution >= 0.6 is 0 Å². The monoisotopic (exact) mass is 304 g/mol. The van der Waals surface area contributed by atoms with Crippen molar-refractivity contribution in [3.05, 3.63) is 23.5 Å². The fourth-order valence-corrected chi connectivity index (χ4v) is 3.00. The molecule has 0 aliphatic heterocycles. The van der Waals surface area contributed by atoms with Crippen LogP contribution in [0.15, 0.2) is 17.0 Å². The fourth-order valence-electron chi connectivity index (χ4n) is 1.75. The van der Waals surface area contributed by atoms with Crippen LogP contribution in [0.25, 0.3) is 0 Å². The molecular formula is C13H21FN2O3S. The highest BCUT2D eigenvalue weighted by molar-refractivity contribution is 7.89. The highest BCUT2D eigenvalue weighted by Gasteiger charge is 2.22. The van der Waals surface area contributed by atoms with Gasteiger partial charge >= 0.3 is 0 Å². The summed E-state index contributed by atoms with van der Waals surface area (Å²) in [5, 5.41) is 8.67. The third kappa shape index (κ3) is 3.91. The summed E-state index contributed by atoms with van der Waals surface area (Å²) in [6.45, 7) is 1.91. The summed E-state index contributed by atoms with van der Waals surface area (Å²) >= 11 is 0. The molecule has 0 atom stereocenters. The Labute approximate surface area is 119 Å². The molecule has 0 spiro atoms. The molecule has 0 unspecified atom stereocenters. The van der Waals surface area contributed by atoms with E-state index in [1.165, 1.54) is 24.3 Å². The van der Waals surface area contributed by atoms with Gasteiger partial charge in [-0.05, 0) is 38.3 Å². The van der Waals surface area contributed by atoms with E-state index in [0.717, 1.165) is 12.5 Å². The van der Waals surface area contributed by atoms with Crippen LogP contribution in [0.1, 0.15) is 24.8 Å². The lowest BCUT2D eigenvalue weighted by atomic mass is 10.2. The van der Waals surface area contributed by atoms with Crippen molar-refractivity contribution in [3.63, 3.8) is 0 Å². The third-order valence-electron chi connectivity index (χ3n) is 3.20. The molecule has 1 rings (SSSR count). The molecule has 0 bridgehead atoms. The highest BCUT2D eigenvalue weighted by Crippen LogP contribution is 2.23. The van der Waals surface area contributed by atoms with E-state index in [9.17, 15) is 12.8 Å². The summed E-state index contributed by atoms with van der Waals surface area (Å²) in [4.78, 5) is -0.136. The smallest absolute Gasteiger partial charge is 0.242 e. The molecule has 7 heteroatoms. The van der Waals surface area contributed by atoms with E-state index in [2.05, 4.69) is 0 Å². The molecule has 0 aliphatic rings. The first-order valence-corrected chi connectivity index (χ1v) is 7.87. The molecule has 3 N–H and O–H groups in total. The van der Waals surface area contributed by atoms with Crippen molar-refractivity contribution in [2.24, 2.45) is 0 Å². The quantitative estimate of drug-likeness (QED) is 0.590. The Balaban J connectivity index is 2.88. The fraction of sp³-hybridized carbons (Fsp3) is 0.538. The molecule has 1 aromatic carbocycles. The number of anilines is 1. The number of aliphatic hydroxyl groups excluding tert-OH is 1. The summed E-state index contributed by atoms with van der Waals surface area (Å²) < 4.78 is 39.3. The lowest BCUT2D eigenvalue weighted by Crippen LogP contribution is -2.28. The van der Waals surface area contributed by atoms with E-state index >= 15 is 0 Å². The van der Waals surface area contributed by atoms with Crippen molar-refractivity contribution >= 4 is 15.7 Å². The average molecular weight is 304 g/mol. The number of rotatable bonds is 7. The molecule has 5 nitrogen and oxygen atoms in total. The van der Waals surface area contributed by atoms with Gasteiger partial charge in [-0.3, -0.25) is 0 Å². The normalized spacial score (nSPS) is 12.1. The number of sulfonamides is 1. The zero-order valence-electron chi connectivity index (χ0n) is 11.8. The van der Waals surface area contributed by atoms with E-state index in [1.54, 1.807) is 0 Å². The van der Waals surface area contributed by atoms with Gasteiger partial charge in [-0.15, -0.1) is 0 Å². The summed E-state index contributed by atoms with van der Waals surface area (Å²) in [6, 6.07) is 2.27. The average Bonchev–Trinajstić information content (AvgIpc) is 2.40. The maximum Gasteiger partial charge on any atom is 0.242 e. The minimum Gasteiger partial charge on any atom is -0.398 e. The number of nitrogens with two attached hydrogens (primary N) is 1. The maximum absolute atomic E-state index is 13.6. The number of benzene rings is 1. The number of aliphatic hydroxyl groups is 1. The van der Waals surface area contributed by atoms with E-state index < -0.39 is 15.8 Å². The van der Waals surface area contributed by atoms with Gasteiger partial charge in [-0.25, -0.2) is 17.1 Å². The molecule has 1 aromatic rings. The van der Waals surface area contributed by atoms with Crippen LogP contribution in [0.2, 0.25) is 0 Å². The molecule has 0 radical (unpaired) electrons. The molecule has 0 saturated heterocycles. The lowest BCUT2D eigenvalue weighted by molar-refractivity contribution is 0.281. The van der Waals surface area contributed by atoms with Gasteiger partial charge in [0.15, 0.2) is 0 Å². The molecule has 0 aromatic heterocycles. The van der Waals surface area contributed by atoms with Gasteiger partial charge in [0.2, 0.25) is 10.0 Å². The number of hydrogen-bond acceptors (Lipinski definition) is 4. The van der Waals surface area contributed by atoms with Crippen LogP contribution in [-0.4, -0.2) is 38.0 Å². The number of hydrogen-bond donors (Lipinski definition) is 2. The number of nitrogen functional groups attached to an aromatic ring is 1. The Hall–Kier alpha value is -1.18. The van der Waals surface area contributed by atoms with Gasteiger partial charge < -0.3 is 10.8 Å². The summed E-state index contributed by atoms with van der Waals surface area (Å²) in [7, 11) is -2.29. The topological polar surface area (TPSA) is 83.6 Å². The van der Waals surface area contributed by atoms with Crippen molar-refractivity contribution in [1.29, 1.82) is 0 Å². The molecule has 0 saturated carbocycles. The Bertz CT molecular complexity index is 538. The predicted octanol–water partition coefficient (Wildman–Crippen LogP) is 1.50. The zero-order valence-corrected chi connectivity index (χ0v) is 12.6. The molecule has 114 valence electrons. The van der Waals surface area contributed by atoms with Crippen LogP contribution in [0.5, 0.6) is 0 Å². The second-order valence-electron chi connectivity index (χ2n) is 4.73. The second-order valence-corrected chi connectivity index (χ2v) is 6.78. The Morgan fingerprint density at radius 1 is 1.30 bits per heavy atom. The van der Waals surface area contributed by atoms with Crippen molar-refractivity contribution in [2.75, 3.05) is 25.9 Å². The predicted molar refractivity (Wildman–Crippen MR) is 76.3 cm³/mol. The third-order valence-corrected chi connectivity index (χ3v) is 5.03. The van der Waals surface area contributed by atoms with Gasteiger partial charge in [-0.1, -0.05) is 0 Å². The van der Waals surface area contributed by atoms with Crippen LogP contribution in [0.3, 0.4) is 0 Å². The van der Waals surface area contributed by atoms with Crippen molar-refractivity contribution in [1.82, 2.24) is 4.31 Å². The minimum atomic E-state index is -3.74. The SMILES string of the molecule is Cc1c(N)cc(S(=O)(=O)N(C)CCCCCO)cc1F. The number of unbranched alkanes of at least 4 members (excludes halogenated alkanes) is 2. The highest BCUT2D eigenvalue weighted by atomic mass is 32.2. The van der Waals surface area contributed by atoms with Gasteiger partial charge in [0.05, 0.1) is 4.90 Å². The van der Waals surface area contributed by atoms with Crippen LogP contribution in [0.4, 0.5) is 10.1 Å². The Kier molecular flexibility index (Phi) is 5.91. The van der Waals surface area contributed by atoms with Crippen molar-refractivity contribution in [3.8, 4) is 0 Å². The molecule has 0 fully saturated rings. The maximum atomic E-state index is 13.6. The van der Waals surface area contributed by atoms with E-state index in [-0.39, 0.29) is 22.8 Å². The van der Waals surface area contributed by atoms with Gasteiger partial charge in [0.1, 0.15) is 5.82 Å². The van der Waals surface area contributed by atoms with Crippen LogP contribution < -0.4 is 5.73 Å². The molecular weight excluding hydrogens is 283 g/mol. The summed E-state index contributed by atoms with van der Waals surface area (Å²) in [5.74, 6) is -0.628. The summed E-state index contributed by atoms with van der Waals surface area (Å²) in [6.07, 6.45) is 2.01. The molecule has 0 aliphatic carbocycles. The molecule has 20 heavy (non-hydrogen) atoms. The van der Waals surface area contributed by atoms with Crippen LogP contribution in [0, 0.1) is 12.7 Å². The number of halogens is 1. The number of nitrogens with zero attached hydrogens (tertiary/aromatic N) is 1. The van der Waals surface area contributed by atoms with E-state index in [0.29, 0.717) is 19.4 Å². The zero-order chi connectivity index (χ0) is 15.3. The largest absolute Gasteiger partial charge is 0.398 e. The van der Waals surface area contributed by atoms with Gasteiger partial charge in [0, 0.05) is 31.5 Å². The van der Waals surface area contributed by atoms with E-state index in [1.807, 2.05) is 0 Å². The van der Waals surface area contributed by atoms with E-state index in [4.69, 9.17) is 10.8 Å². The minimum absolute atomic E-state index is 0.0934. The van der Waals surface area contributed by atoms with Gasteiger partial charge in [-0.2, -0.15) is 0 Å². The standard InChI is InChI=1S/C13H21FN2O3S/c1-10-12(14)8-11(9-13(10)15)20(18,19)16(2)6-4-3-5-7-17/h8-9,17H,3-7,15H2,1-2H3. The van der Waals surface area contributed by atoms with Crippen LogP contribution in [-0.2, 0) is 10.0 Å². The second kappa shape index (κ2) is 7.01. The Morgan fingerprint density at radius 3 is 2.50 bits per heavy atom. The first-order valence-electron chi connectivity index (χ1n) is 6.43. The van der Waals surface area contributed by atoms with Crippen molar-refractivity contribution < 1.29 is 17.9 Å². The lowest BCUT2D eigenvalue weighted by Gasteiger charge is -2.18. The Morgan fingerprint density at radius 2 is 1.95 bits per heavy atom. The molecule has 0 amide bonds. The van der Waals surface area contributed by atoms with Gasteiger partial charge in [0.25, 0.3) is 0 Å².